The fourth-order valence-corrected chi connectivity index (χ4v) is 10.6. The predicted octanol–water partition coefficient (Wildman–Crippen LogP) is 14.7. The highest BCUT2D eigenvalue weighted by molar-refractivity contribution is 6.29. The molecule has 14 heteroatoms. The van der Waals surface area contributed by atoms with Crippen molar-refractivity contribution in [3.05, 3.63) is 219 Å². The minimum Gasteiger partial charge on any atom is -0.334 e. The van der Waals surface area contributed by atoms with Crippen LogP contribution in [0.4, 0.5) is 0 Å². The van der Waals surface area contributed by atoms with Gasteiger partial charge in [0.05, 0.1) is 22.1 Å². The molecule has 358 valence electrons. The van der Waals surface area contributed by atoms with Crippen LogP contribution in [0.25, 0.3) is 145 Å². The molecule has 0 unspecified atom stereocenters. The lowest BCUT2D eigenvalue weighted by Crippen LogP contribution is -1.97. The highest BCUT2D eigenvalue weighted by Gasteiger charge is 2.23. The van der Waals surface area contributed by atoms with Gasteiger partial charge in [0.2, 0.25) is 0 Å². The van der Waals surface area contributed by atoms with Crippen molar-refractivity contribution in [1.82, 2.24) is 49.7 Å². The summed E-state index contributed by atoms with van der Waals surface area (Å²) in [4.78, 5) is 17.1. The van der Waals surface area contributed by atoms with Crippen LogP contribution in [0.3, 0.4) is 0 Å². The van der Waals surface area contributed by atoms with Crippen LogP contribution in [0.15, 0.2) is 238 Å². The van der Waals surface area contributed by atoms with Crippen molar-refractivity contribution < 1.29 is 18.1 Å². The molecule has 0 fully saturated rings. The molecule has 0 N–H and O–H groups in total. The van der Waals surface area contributed by atoms with Crippen LogP contribution < -0.4 is 0 Å². The Morgan fingerprint density at radius 2 is 0.526 bits per heavy atom. The number of aromatic nitrogens is 10. The quantitative estimate of drug-likeness (QED) is 0.127. The molecule has 15 aromatic rings. The Bertz CT molecular complexity index is 4100. The molecule has 0 aliphatic heterocycles. The van der Waals surface area contributed by atoms with E-state index in [4.69, 9.17) is 18.1 Å². The first-order valence-electron chi connectivity index (χ1n) is 24.4. The SMILES string of the molecule is c1ccc2c(c1)c1c3c4ccccc4n(-c4cc(-c5ccc(-c6ncno6)cc5)cc(-c5ccc(-c6ncno6)cc5)c4)c3ccc1n2-c1cc(-c2ccc(-c3ncno3)cc2)cc(-c2ccc(-c3ncno3)cc2)c1. The molecule has 6 heterocycles. The molecule has 6 aromatic heterocycles. The molecule has 76 heavy (non-hydrogen) atoms. The summed E-state index contributed by atoms with van der Waals surface area (Å²) >= 11 is 0. The fraction of sp³-hybridized carbons (Fsp3) is 0. The average molecular weight is 985 g/mol. The molecule has 0 saturated heterocycles. The normalized spacial score (nSPS) is 11.7. The van der Waals surface area contributed by atoms with Gasteiger partial charge in [-0.15, -0.1) is 0 Å². The van der Waals surface area contributed by atoms with E-state index in [2.05, 4.69) is 195 Å². The van der Waals surface area contributed by atoms with Gasteiger partial charge in [0.25, 0.3) is 23.6 Å². The van der Waals surface area contributed by atoms with Crippen LogP contribution in [-0.2, 0) is 0 Å². The van der Waals surface area contributed by atoms with Gasteiger partial charge in [0.1, 0.15) is 0 Å². The van der Waals surface area contributed by atoms with Crippen molar-refractivity contribution >= 4 is 43.6 Å². The molecule has 0 aliphatic rings. The van der Waals surface area contributed by atoms with Crippen molar-refractivity contribution in [2.45, 2.75) is 0 Å². The van der Waals surface area contributed by atoms with E-state index in [-0.39, 0.29) is 0 Å². The number of hydrogen-bond donors (Lipinski definition) is 0. The maximum atomic E-state index is 5.39. The Labute approximate surface area is 430 Å². The third-order valence-corrected chi connectivity index (χ3v) is 14.1. The zero-order valence-corrected chi connectivity index (χ0v) is 39.9. The van der Waals surface area contributed by atoms with E-state index in [1.807, 2.05) is 48.5 Å². The molecule has 14 nitrogen and oxygen atoms in total. The lowest BCUT2D eigenvalue weighted by Gasteiger charge is -2.15. The minimum absolute atomic E-state index is 0.466. The van der Waals surface area contributed by atoms with Crippen LogP contribution in [0, 0.1) is 0 Å². The van der Waals surface area contributed by atoms with E-state index in [0.717, 1.165) is 122 Å². The second-order valence-corrected chi connectivity index (χ2v) is 18.4. The Morgan fingerprint density at radius 3 is 0.803 bits per heavy atom. The van der Waals surface area contributed by atoms with Gasteiger partial charge in [-0.1, -0.05) is 106 Å². The Hall–Kier alpha value is -10.9. The Morgan fingerprint density at radius 1 is 0.250 bits per heavy atom. The zero-order valence-electron chi connectivity index (χ0n) is 39.9. The Kier molecular flexibility index (Phi) is 9.81. The standard InChI is InChI=1S/C62H36N10O4/c1-3-7-53-51(5-1)57-55(71(53)49-29-45(37-9-17-41(18-10-37)59-63-33-67-73-59)27-46(30-49)38-11-19-42(20-12-38)60-64-34-68-74-60)25-26-56-58(57)52-6-2-4-8-54(52)72(56)50-31-47(39-13-21-43(22-14-39)61-65-35-69-75-61)28-48(32-50)40-15-23-44(24-16-40)62-66-36-70-76-62/h1-36H. The van der Waals surface area contributed by atoms with Gasteiger partial charge < -0.3 is 27.2 Å². The van der Waals surface area contributed by atoms with Gasteiger partial charge >= 0.3 is 0 Å². The van der Waals surface area contributed by atoms with Crippen LogP contribution in [0.5, 0.6) is 0 Å². The summed E-state index contributed by atoms with van der Waals surface area (Å²) in [6, 6.07) is 68.4. The maximum Gasteiger partial charge on any atom is 0.257 e. The predicted molar refractivity (Wildman–Crippen MR) is 290 cm³/mol. The highest BCUT2D eigenvalue weighted by atomic mass is 16.5. The number of benzene rings is 9. The molecular formula is C62H36N10O4. The van der Waals surface area contributed by atoms with Crippen molar-refractivity contribution in [3.8, 4) is 102 Å². The molecule has 0 bridgehead atoms. The minimum atomic E-state index is 0.466. The number of fused-ring (bicyclic) bond motifs is 7. The number of hydrogen-bond acceptors (Lipinski definition) is 12. The maximum absolute atomic E-state index is 5.39. The molecule has 0 spiro atoms. The molecule has 0 amide bonds. The summed E-state index contributed by atoms with van der Waals surface area (Å²) in [6.45, 7) is 0. The summed E-state index contributed by atoms with van der Waals surface area (Å²) in [6.07, 6.45) is 5.65. The van der Waals surface area contributed by atoms with Crippen molar-refractivity contribution in [2.75, 3.05) is 0 Å². The summed E-state index contributed by atoms with van der Waals surface area (Å²) in [5.74, 6) is 1.86. The van der Waals surface area contributed by atoms with Gasteiger partial charge in [0.15, 0.2) is 25.3 Å². The van der Waals surface area contributed by atoms with E-state index in [1.165, 1.54) is 25.3 Å². The molecule has 9 aromatic carbocycles. The van der Waals surface area contributed by atoms with Gasteiger partial charge in [-0.3, -0.25) is 0 Å². The smallest absolute Gasteiger partial charge is 0.257 e. The summed E-state index contributed by atoms with van der Waals surface area (Å²) in [5.41, 5.74) is 18.0. The highest BCUT2D eigenvalue weighted by Crippen LogP contribution is 2.44. The Balaban J connectivity index is 0.932. The van der Waals surface area contributed by atoms with Gasteiger partial charge in [-0.2, -0.15) is 19.9 Å². The van der Waals surface area contributed by atoms with Crippen molar-refractivity contribution in [3.63, 3.8) is 0 Å². The number of para-hydroxylation sites is 2. The lowest BCUT2D eigenvalue weighted by atomic mass is 9.96. The van der Waals surface area contributed by atoms with E-state index in [0.29, 0.717) is 23.6 Å². The molecule has 0 aliphatic carbocycles. The van der Waals surface area contributed by atoms with Crippen LogP contribution in [0.1, 0.15) is 0 Å². The molecule has 0 radical (unpaired) electrons. The van der Waals surface area contributed by atoms with Gasteiger partial charge in [-0.25, -0.2) is 0 Å². The van der Waals surface area contributed by atoms with Crippen molar-refractivity contribution in [1.29, 1.82) is 0 Å². The van der Waals surface area contributed by atoms with E-state index in [1.54, 1.807) is 0 Å². The molecule has 0 atom stereocenters. The molecular weight excluding hydrogens is 949 g/mol. The third kappa shape index (κ3) is 7.19. The van der Waals surface area contributed by atoms with Crippen LogP contribution in [0.2, 0.25) is 0 Å². The first-order valence-corrected chi connectivity index (χ1v) is 24.4. The second-order valence-electron chi connectivity index (χ2n) is 18.4. The van der Waals surface area contributed by atoms with E-state index in [9.17, 15) is 0 Å². The summed E-state index contributed by atoms with van der Waals surface area (Å²) in [5, 5.41) is 19.9. The van der Waals surface area contributed by atoms with E-state index < -0.39 is 0 Å². The monoisotopic (exact) mass is 984 g/mol. The van der Waals surface area contributed by atoms with Crippen LogP contribution >= 0.6 is 0 Å². The average Bonchev–Trinajstić information content (AvgIpc) is 4.44. The number of nitrogens with zero attached hydrogens (tertiary/aromatic N) is 10. The largest absolute Gasteiger partial charge is 0.334 e. The third-order valence-electron chi connectivity index (χ3n) is 14.1. The number of rotatable bonds is 10. The molecule has 15 rings (SSSR count). The first kappa shape index (κ1) is 42.8. The first-order chi connectivity index (χ1) is 37.6. The van der Waals surface area contributed by atoms with E-state index >= 15 is 0 Å². The summed E-state index contributed by atoms with van der Waals surface area (Å²) < 4.78 is 26.4. The topological polar surface area (TPSA) is 166 Å². The summed E-state index contributed by atoms with van der Waals surface area (Å²) in [7, 11) is 0. The van der Waals surface area contributed by atoms with Gasteiger partial charge in [-0.05, 0) is 154 Å². The zero-order chi connectivity index (χ0) is 50.1. The van der Waals surface area contributed by atoms with Crippen molar-refractivity contribution in [2.24, 2.45) is 0 Å². The lowest BCUT2D eigenvalue weighted by molar-refractivity contribution is 0.430. The molecule has 0 saturated carbocycles. The fourth-order valence-electron chi connectivity index (χ4n) is 10.6. The second kappa shape index (κ2) is 17.4. The van der Waals surface area contributed by atoms with Crippen LogP contribution in [-0.4, -0.2) is 49.7 Å². The van der Waals surface area contributed by atoms with Gasteiger partial charge in [0, 0.05) is 55.2 Å².